The molecule has 0 radical (unpaired) electrons. The van der Waals surface area contributed by atoms with Crippen LogP contribution in [0.15, 0.2) is 29.8 Å². The SMILES string of the molecule is CON(C(=O)c1scnc1C(F)(F)F)C1CCC(Nc2cc(C(F)(F)F)nc3ccc(Cl)cc23)CC1. The van der Waals surface area contributed by atoms with Crippen molar-refractivity contribution in [3.8, 4) is 0 Å². The first-order valence-corrected chi connectivity index (χ1v) is 12.0. The van der Waals surface area contributed by atoms with Gasteiger partial charge in [0.15, 0.2) is 5.69 Å². The number of amides is 1. The van der Waals surface area contributed by atoms with Crippen molar-refractivity contribution in [1.29, 1.82) is 0 Å². The van der Waals surface area contributed by atoms with Crippen molar-refractivity contribution in [2.45, 2.75) is 50.1 Å². The summed E-state index contributed by atoms with van der Waals surface area (Å²) in [6.45, 7) is 0. The summed E-state index contributed by atoms with van der Waals surface area (Å²) in [6, 6.07) is 4.55. The van der Waals surface area contributed by atoms with Gasteiger partial charge in [0.2, 0.25) is 0 Å². The fraction of sp³-hybridized carbons (Fsp3) is 0.409. The van der Waals surface area contributed by atoms with Gasteiger partial charge in [0, 0.05) is 22.1 Å². The highest BCUT2D eigenvalue weighted by molar-refractivity contribution is 7.11. The highest BCUT2D eigenvalue weighted by Gasteiger charge is 2.41. The predicted octanol–water partition coefficient (Wildman–Crippen LogP) is 6.81. The lowest BCUT2D eigenvalue weighted by molar-refractivity contribution is -0.144. The largest absolute Gasteiger partial charge is 0.434 e. The summed E-state index contributed by atoms with van der Waals surface area (Å²) in [4.78, 5) is 24.4. The second-order valence-corrected chi connectivity index (χ2v) is 9.50. The number of rotatable bonds is 5. The Hall–Kier alpha value is -2.64. The van der Waals surface area contributed by atoms with E-state index in [0.29, 0.717) is 47.4 Å². The standard InChI is InChI=1S/C22H19ClF6N4O2S/c1-35-33(20(34)18-19(22(27,28)29)30-10-36-18)13-5-3-12(4-6-13)31-16-9-17(21(24,25)26)32-15-7-2-11(23)8-14(15)16/h2,7-10,12-13H,3-6H2,1H3,(H,31,32). The zero-order valence-corrected chi connectivity index (χ0v) is 20.2. The van der Waals surface area contributed by atoms with Crippen molar-refractivity contribution >= 4 is 45.4 Å². The van der Waals surface area contributed by atoms with Crippen molar-refractivity contribution in [3.63, 3.8) is 0 Å². The zero-order chi connectivity index (χ0) is 26.3. The number of benzene rings is 1. The summed E-state index contributed by atoms with van der Waals surface area (Å²) in [5.41, 5.74) is -1.01. The summed E-state index contributed by atoms with van der Waals surface area (Å²) in [7, 11) is 1.20. The second kappa shape index (κ2) is 10.0. The first kappa shape index (κ1) is 26.4. The van der Waals surface area contributed by atoms with Crippen molar-refractivity contribution in [2.24, 2.45) is 0 Å². The van der Waals surface area contributed by atoms with Crippen LogP contribution in [0.3, 0.4) is 0 Å². The molecule has 36 heavy (non-hydrogen) atoms. The van der Waals surface area contributed by atoms with Crippen LogP contribution in [0, 0.1) is 0 Å². The molecule has 194 valence electrons. The fourth-order valence-electron chi connectivity index (χ4n) is 4.23. The minimum atomic E-state index is -4.78. The van der Waals surface area contributed by atoms with Gasteiger partial charge < -0.3 is 5.32 Å². The van der Waals surface area contributed by atoms with Crippen LogP contribution >= 0.6 is 22.9 Å². The van der Waals surface area contributed by atoms with E-state index in [-0.39, 0.29) is 17.2 Å². The molecule has 0 atom stereocenters. The molecule has 3 aromatic rings. The maximum Gasteiger partial charge on any atom is 0.434 e. The molecule has 0 aliphatic heterocycles. The van der Waals surface area contributed by atoms with E-state index in [2.05, 4.69) is 15.3 Å². The first-order valence-electron chi connectivity index (χ1n) is 10.7. The number of alkyl halides is 6. The lowest BCUT2D eigenvalue weighted by Crippen LogP contribution is -2.43. The van der Waals surface area contributed by atoms with Gasteiger partial charge >= 0.3 is 12.4 Å². The smallest absolute Gasteiger partial charge is 0.382 e. The summed E-state index contributed by atoms with van der Waals surface area (Å²) < 4.78 is 79.7. The molecule has 14 heteroatoms. The maximum absolute atomic E-state index is 13.4. The molecule has 2 aromatic heterocycles. The molecule has 0 spiro atoms. The van der Waals surface area contributed by atoms with E-state index >= 15 is 0 Å². The number of fused-ring (bicyclic) bond motifs is 1. The number of hydrogen-bond acceptors (Lipinski definition) is 6. The third kappa shape index (κ3) is 5.52. The number of nitrogens with one attached hydrogen (secondary N) is 1. The van der Waals surface area contributed by atoms with E-state index < -0.39 is 40.6 Å². The Morgan fingerprint density at radius 1 is 1.11 bits per heavy atom. The molecule has 1 aliphatic rings. The van der Waals surface area contributed by atoms with Gasteiger partial charge in [-0.05, 0) is 49.9 Å². The number of carbonyl (C=O) groups is 1. The highest BCUT2D eigenvalue weighted by atomic mass is 35.5. The van der Waals surface area contributed by atoms with Gasteiger partial charge in [-0.15, -0.1) is 11.3 Å². The first-order chi connectivity index (χ1) is 16.9. The molecule has 4 rings (SSSR count). The molecule has 1 aromatic carbocycles. The van der Waals surface area contributed by atoms with Gasteiger partial charge in [0.05, 0.1) is 24.2 Å². The third-order valence-electron chi connectivity index (χ3n) is 5.88. The van der Waals surface area contributed by atoms with Crippen molar-refractivity contribution < 1.29 is 36.0 Å². The molecule has 0 bridgehead atoms. The van der Waals surface area contributed by atoms with E-state index in [0.717, 1.165) is 16.6 Å². The number of pyridine rings is 1. The topological polar surface area (TPSA) is 67.3 Å². The molecule has 0 saturated heterocycles. The fourth-order valence-corrected chi connectivity index (χ4v) is 5.14. The average Bonchev–Trinajstić information content (AvgIpc) is 3.31. The number of carbonyl (C=O) groups excluding carboxylic acids is 1. The molecular weight excluding hydrogens is 534 g/mol. The Bertz CT molecular complexity index is 1260. The Labute approximate surface area is 210 Å². The quantitative estimate of drug-likeness (QED) is 0.278. The van der Waals surface area contributed by atoms with Crippen LogP contribution in [0.2, 0.25) is 5.02 Å². The number of halogens is 7. The number of hydroxylamine groups is 2. The van der Waals surface area contributed by atoms with Crippen molar-refractivity contribution in [3.05, 3.63) is 51.1 Å². The number of anilines is 1. The summed E-state index contributed by atoms with van der Waals surface area (Å²) in [5, 5.41) is 4.81. The van der Waals surface area contributed by atoms with Crippen LogP contribution in [0.1, 0.15) is 46.7 Å². The van der Waals surface area contributed by atoms with E-state index in [1.54, 1.807) is 0 Å². The average molecular weight is 553 g/mol. The van der Waals surface area contributed by atoms with Crippen LogP contribution in [0.5, 0.6) is 0 Å². The lowest BCUT2D eigenvalue weighted by Gasteiger charge is -2.35. The Morgan fingerprint density at radius 3 is 2.42 bits per heavy atom. The Kier molecular flexibility index (Phi) is 7.35. The number of hydrogen-bond donors (Lipinski definition) is 1. The molecular formula is C22H19ClF6N4O2S. The molecule has 1 aliphatic carbocycles. The molecule has 2 heterocycles. The number of aromatic nitrogens is 2. The van der Waals surface area contributed by atoms with Crippen molar-refractivity contribution in [2.75, 3.05) is 12.4 Å². The summed E-state index contributed by atoms with van der Waals surface area (Å²) >= 11 is 6.62. The normalized spacial score (nSPS) is 18.9. The van der Waals surface area contributed by atoms with Crippen LogP contribution in [-0.4, -0.2) is 40.1 Å². The van der Waals surface area contributed by atoms with Gasteiger partial charge in [-0.3, -0.25) is 9.63 Å². The monoisotopic (exact) mass is 552 g/mol. The number of thiazole rings is 1. The van der Waals surface area contributed by atoms with Gasteiger partial charge in [0.1, 0.15) is 10.6 Å². The Morgan fingerprint density at radius 2 is 1.81 bits per heavy atom. The van der Waals surface area contributed by atoms with E-state index in [1.165, 1.54) is 25.3 Å². The summed E-state index contributed by atoms with van der Waals surface area (Å²) in [6.07, 6.45) is -7.86. The van der Waals surface area contributed by atoms with Gasteiger partial charge in [-0.1, -0.05) is 11.6 Å². The predicted molar refractivity (Wildman–Crippen MR) is 122 cm³/mol. The molecule has 1 amide bonds. The lowest BCUT2D eigenvalue weighted by atomic mass is 9.90. The molecule has 1 saturated carbocycles. The molecule has 1 fully saturated rings. The van der Waals surface area contributed by atoms with Gasteiger partial charge in [-0.2, -0.15) is 26.3 Å². The molecule has 1 N–H and O–H groups in total. The van der Waals surface area contributed by atoms with Gasteiger partial charge in [-0.25, -0.2) is 15.0 Å². The highest BCUT2D eigenvalue weighted by Crippen LogP contribution is 2.37. The van der Waals surface area contributed by atoms with Crippen molar-refractivity contribution in [1.82, 2.24) is 15.0 Å². The zero-order valence-electron chi connectivity index (χ0n) is 18.6. The van der Waals surface area contributed by atoms with E-state index in [9.17, 15) is 31.1 Å². The van der Waals surface area contributed by atoms with Crippen LogP contribution in [-0.2, 0) is 17.2 Å². The van der Waals surface area contributed by atoms with E-state index in [1.807, 2.05) is 0 Å². The van der Waals surface area contributed by atoms with Gasteiger partial charge in [0.25, 0.3) is 5.91 Å². The molecule has 6 nitrogen and oxygen atoms in total. The van der Waals surface area contributed by atoms with E-state index in [4.69, 9.17) is 16.4 Å². The van der Waals surface area contributed by atoms with Crippen LogP contribution < -0.4 is 5.32 Å². The van der Waals surface area contributed by atoms with Crippen LogP contribution in [0.4, 0.5) is 32.0 Å². The molecule has 0 unspecified atom stereocenters. The minimum absolute atomic E-state index is 0.131. The maximum atomic E-state index is 13.4. The Balaban J connectivity index is 1.50. The minimum Gasteiger partial charge on any atom is -0.382 e. The number of nitrogens with zero attached hydrogens (tertiary/aromatic N) is 3. The van der Waals surface area contributed by atoms with Crippen LogP contribution in [0.25, 0.3) is 10.9 Å². The summed E-state index contributed by atoms with van der Waals surface area (Å²) in [5.74, 6) is -0.937. The third-order valence-corrected chi connectivity index (χ3v) is 6.93. The second-order valence-electron chi connectivity index (χ2n) is 8.21.